The molecule has 150 valence electrons. The first-order valence-electron chi connectivity index (χ1n) is 9.57. The molecule has 0 fully saturated rings. The Morgan fingerprint density at radius 2 is 1.67 bits per heavy atom. The first-order chi connectivity index (χ1) is 14.6. The van der Waals surface area contributed by atoms with Crippen molar-refractivity contribution in [2.75, 3.05) is 0 Å². The predicted octanol–water partition coefficient (Wildman–Crippen LogP) is 5.97. The fourth-order valence-corrected chi connectivity index (χ4v) is 5.12. The fraction of sp³-hybridized carbons (Fsp3) is 0.0833. The molecule has 0 unspecified atom stereocenters. The summed E-state index contributed by atoms with van der Waals surface area (Å²) in [6, 6.07) is 23.6. The molecular formula is C24H19BrN2O2S. The molecule has 1 aliphatic rings. The standard InChI is InChI=1S/C24H19BrN2O2S/c1-26-16-22(21-8-4-5-9-23(21)26)24-20-7-3-2-6-17(20)14-15-27(24)30(28)29-19-12-10-18(25)11-13-19/h2-16,24H,1H3/t24-,30-/m1/s1. The summed E-state index contributed by atoms with van der Waals surface area (Å²) in [7, 11) is 2.04. The number of aryl methyl sites for hydroxylation is 1. The molecule has 0 radical (unpaired) electrons. The molecule has 0 spiro atoms. The van der Waals surface area contributed by atoms with Gasteiger partial charge in [0.25, 0.3) is 0 Å². The van der Waals surface area contributed by atoms with Gasteiger partial charge >= 0.3 is 11.3 Å². The van der Waals surface area contributed by atoms with Crippen LogP contribution in [-0.4, -0.2) is 13.1 Å². The van der Waals surface area contributed by atoms with Gasteiger partial charge in [0.2, 0.25) is 0 Å². The van der Waals surface area contributed by atoms with Crippen molar-refractivity contribution in [3.05, 3.63) is 106 Å². The van der Waals surface area contributed by atoms with Crippen LogP contribution in [0.2, 0.25) is 0 Å². The van der Waals surface area contributed by atoms with Crippen molar-refractivity contribution in [2.45, 2.75) is 6.04 Å². The van der Waals surface area contributed by atoms with Gasteiger partial charge < -0.3 is 8.75 Å². The molecule has 0 saturated heterocycles. The van der Waals surface area contributed by atoms with Gasteiger partial charge in [0.1, 0.15) is 5.75 Å². The average Bonchev–Trinajstić information content (AvgIpc) is 3.11. The monoisotopic (exact) mass is 478 g/mol. The van der Waals surface area contributed by atoms with Gasteiger partial charge in [-0.15, -0.1) is 0 Å². The number of nitrogens with zero attached hydrogens (tertiary/aromatic N) is 2. The molecule has 30 heavy (non-hydrogen) atoms. The van der Waals surface area contributed by atoms with Crippen molar-refractivity contribution < 1.29 is 8.39 Å². The summed E-state index contributed by atoms with van der Waals surface area (Å²) < 4.78 is 24.0. The fourth-order valence-electron chi connectivity index (χ4n) is 3.94. The van der Waals surface area contributed by atoms with E-state index in [-0.39, 0.29) is 6.04 Å². The number of fused-ring (bicyclic) bond motifs is 2. The van der Waals surface area contributed by atoms with Crippen LogP contribution >= 0.6 is 15.9 Å². The summed E-state index contributed by atoms with van der Waals surface area (Å²) in [6.07, 6.45) is 5.97. The molecule has 4 nitrogen and oxygen atoms in total. The highest BCUT2D eigenvalue weighted by molar-refractivity contribution is 9.10. The molecule has 2 heterocycles. The van der Waals surface area contributed by atoms with Crippen LogP contribution in [0.4, 0.5) is 0 Å². The van der Waals surface area contributed by atoms with Gasteiger partial charge in [-0.1, -0.05) is 58.4 Å². The Morgan fingerprint density at radius 1 is 0.933 bits per heavy atom. The Bertz CT molecular complexity index is 1280. The predicted molar refractivity (Wildman–Crippen MR) is 125 cm³/mol. The van der Waals surface area contributed by atoms with Crippen molar-refractivity contribution in [3.8, 4) is 5.75 Å². The molecule has 1 aliphatic heterocycles. The Balaban J connectivity index is 1.61. The normalized spacial score (nSPS) is 16.5. The summed E-state index contributed by atoms with van der Waals surface area (Å²) in [5, 5.41) is 1.14. The Labute approximate surface area is 186 Å². The molecule has 6 heteroatoms. The quantitative estimate of drug-likeness (QED) is 0.361. The topological polar surface area (TPSA) is 34.5 Å². The minimum atomic E-state index is -1.71. The van der Waals surface area contributed by atoms with E-state index in [4.69, 9.17) is 4.18 Å². The number of benzene rings is 3. The van der Waals surface area contributed by atoms with E-state index in [0.717, 1.165) is 32.1 Å². The lowest BCUT2D eigenvalue weighted by Crippen LogP contribution is -2.31. The molecule has 0 saturated carbocycles. The molecule has 4 aromatic rings. The van der Waals surface area contributed by atoms with Crippen molar-refractivity contribution >= 4 is 44.2 Å². The van der Waals surface area contributed by atoms with E-state index in [0.29, 0.717) is 5.75 Å². The highest BCUT2D eigenvalue weighted by Crippen LogP contribution is 2.40. The van der Waals surface area contributed by atoms with Gasteiger partial charge in [-0.3, -0.25) is 4.31 Å². The zero-order valence-electron chi connectivity index (χ0n) is 16.2. The third-order valence-corrected chi connectivity index (χ3v) is 6.86. The smallest absolute Gasteiger partial charge is 0.319 e. The third kappa shape index (κ3) is 3.36. The number of para-hydroxylation sites is 1. The SMILES string of the molecule is Cn1cc([C@H]2c3ccccc3C=CN2[S@](=O)Oc2ccc(Br)cc2)c2ccccc21. The third-order valence-electron chi connectivity index (χ3n) is 5.32. The number of hydrogen-bond donors (Lipinski definition) is 0. The van der Waals surface area contributed by atoms with Crippen LogP contribution in [0.5, 0.6) is 5.75 Å². The highest BCUT2D eigenvalue weighted by Gasteiger charge is 2.32. The largest absolute Gasteiger partial charge is 0.385 e. The summed E-state index contributed by atoms with van der Waals surface area (Å²) >= 11 is 1.70. The zero-order chi connectivity index (χ0) is 20.7. The van der Waals surface area contributed by atoms with Crippen LogP contribution < -0.4 is 4.18 Å². The van der Waals surface area contributed by atoms with E-state index in [2.05, 4.69) is 51.0 Å². The average molecular weight is 479 g/mol. The highest BCUT2D eigenvalue weighted by atomic mass is 79.9. The Hall–Kier alpha value is -2.83. The lowest BCUT2D eigenvalue weighted by atomic mass is 9.92. The second-order valence-electron chi connectivity index (χ2n) is 7.17. The molecule has 0 N–H and O–H groups in total. The molecule has 2 atom stereocenters. The molecule has 3 aromatic carbocycles. The second kappa shape index (κ2) is 7.78. The maximum Gasteiger partial charge on any atom is 0.319 e. The van der Waals surface area contributed by atoms with Gasteiger partial charge in [-0.2, -0.15) is 4.21 Å². The van der Waals surface area contributed by atoms with Gasteiger partial charge in [-0.25, -0.2) is 0 Å². The van der Waals surface area contributed by atoms with E-state index in [1.165, 1.54) is 0 Å². The van der Waals surface area contributed by atoms with Crippen LogP contribution in [-0.2, 0) is 18.3 Å². The van der Waals surface area contributed by atoms with E-state index >= 15 is 0 Å². The summed E-state index contributed by atoms with van der Waals surface area (Å²) in [5.41, 5.74) is 4.45. The zero-order valence-corrected chi connectivity index (χ0v) is 18.6. The van der Waals surface area contributed by atoms with Crippen molar-refractivity contribution in [1.82, 2.24) is 8.87 Å². The molecule has 0 aliphatic carbocycles. The van der Waals surface area contributed by atoms with E-state index < -0.39 is 11.3 Å². The van der Waals surface area contributed by atoms with Crippen LogP contribution in [0, 0.1) is 0 Å². The maximum atomic E-state index is 13.3. The Morgan fingerprint density at radius 3 is 2.50 bits per heavy atom. The summed E-state index contributed by atoms with van der Waals surface area (Å²) in [4.78, 5) is 0. The lowest BCUT2D eigenvalue weighted by molar-refractivity contribution is 0.433. The maximum absolute atomic E-state index is 13.3. The number of rotatable bonds is 4. The van der Waals surface area contributed by atoms with Crippen LogP contribution in [0.3, 0.4) is 0 Å². The van der Waals surface area contributed by atoms with Crippen LogP contribution in [0.1, 0.15) is 22.7 Å². The van der Waals surface area contributed by atoms with E-state index in [1.807, 2.05) is 55.7 Å². The number of halogens is 1. The van der Waals surface area contributed by atoms with E-state index in [1.54, 1.807) is 16.4 Å². The molecular weight excluding hydrogens is 460 g/mol. The number of aromatic nitrogens is 1. The first-order valence-corrected chi connectivity index (χ1v) is 11.4. The molecule has 0 amide bonds. The van der Waals surface area contributed by atoms with Gasteiger partial charge in [0.05, 0.1) is 6.04 Å². The summed E-state index contributed by atoms with van der Waals surface area (Å²) in [6.45, 7) is 0. The van der Waals surface area contributed by atoms with Crippen molar-refractivity contribution in [1.29, 1.82) is 0 Å². The van der Waals surface area contributed by atoms with Crippen LogP contribution in [0.25, 0.3) is 17.0 Å². The minimum Gasteiger partial charge on any atom is -0.385 e. The van der Waals surface area contributed by atoms with Crippen molar-refractivity contribution in [2.24, 2.45) is 7.05 Å². The lowest BCUT2D eigenvalue weighted by Gasteiger charge is -2.32. The van der Waals surface area contributed by atoms with E-state index in [9.17, 15) is 4.21 Å². The van der Waals surface area contributed by atoms with Gasteiger partial charge in [-0.05, 0) is 47.5 Å². The number of hydrogen-bond acceptors (Lipinski definition) is 2. The second-order valence-corrected chi connectivity index (χ2v) is 9.11. The van der Waals surface area contributed by atoms with Crippen LogP contribution in [0.15, 0.2) is 89.7 Å². The Kier molecular flexibility index (Phi) is 4.97. The van der Waals surface area contributed by atoms with Gasteiger partial charge in [0.15, 0.2) is 0 Å². The molecule has 5 rings (SSSR count). The first kappa shape index (κ1) is 19.2. The van der Waals surface area contributed by atoms with Crippen molar-refractivity contribution in [3.63, 3.8) is 0 Å². The summed E-state index contributed by atoms with van der Waals surface area (Å²) in [5.74, 6) is 0.556. The molecule has 1 aromatic heterocycles. The minimum absolute atomic E-state index is 0.228. The molecule has 0 bridgehead atoms. The van der Waals surface area contributed by atoms with Gasteiger partial charge in [0, 0.05) is 40.4 Å².